The summed E-state index contributed by atoms with van der Waals surface area (Å²) in [7, 11) is -1.35. The van der Waals surface area contributed by atoms with Crippen molar-refractivity contribution in [2.24, 2.45) is 0 Å². The molecule has 5 N–H and O–H groups in total. The topological polar surface area (TPSA) is 123 Å². The summed E-state index contributed by atoms with van der Waals surface area (Å²) in [6.07, 6.45) is 0. The average molecular weight is 586 g/mol. The van der Waals surface area contributed by atoms with Gasteiger partial charge in [-0.3, -0.25) is 9.52 Å². The highest BCUT2D eigenvalue weighted by atomic mass is 32.2. The Hall–Kier alpha value is -3.79. The van der Waals surface area contributed by atoms with E-state index in [4.69, 9.17) is 5.11 Å². The zero-order valence-corrected chi connectivity index (χ0v) is 21.9. The van der Waals surface area contributed by atoms with Crippen molar-refractivity contribution >= 4 is 27.3 Å². The lowest BCUT2D eigenvalue weighted by Gasteiger charge is -2.15. The molecule has 0 bridgehead atoms. The minimum atomic E-state index is -4.99. The molecule has 1 atom stereocenters. The number of carbonyl (C=O) groups is 1. The van der Waals surface area contributed by atoms with E-state index in [1.807, 2.05) is 19.0 Å². The monoisotopic (exact) mass is 585 g/mol. The summed E-state index contributed by atoms with van der Waals surface area (Å²) in [5, 5.41) is 11.8. The van der Waals surface area contributed by atoms with Crippen LogP contribution in [0.25, 0.3) is 11.1 Å². The summed E-state index contributed by atoms with van der Waals surface area (Å²) in [5.41, 5.74) is 1.94. The summed E-state index contributed by atoms with van der Waals surface area (Å²) in [6.45, 7) is -0.140. The molecule has 4 rings (SSSR count). The highest BCUT2D eigenvalue weighted by Gasteiger charge is 2.33. The first-order valence-corrected chi connectivity index (χ1v) is 13.2. The Morgan fingerprint density at radius 1 is 1.02 bits per heavy atom. The Labute approximate surface area is 226 Å². The number of hydrogen-bond donors (Lipinski definition) is 5. The molecule has 0 spiro atoms. The van der Waals surface area contributed by atoms with E-state index in [2.05, 4.69) is 16.2 Å². The molecule has 15 heteroatoms. The fourth-order valence-electron chi connectivity index (χ4n) is 4.09. The van der Waals surface area contributed by atoms with Crippen LogP contribution in [0.15, 0.2) is 41.3 Å². The molecule has 0 fully saturated rings. The van der Waals surface area contributed by atoms with E-state index in [-0.39, 0.29) is 11.3 Å². The Morgan fingerprint density at radius 2 is 1.75 bits per heavy atom. The van der Waals surface area contributed by atoms with Crippen LogP contribution in [-0.4, -0.2) is 51.5 Å². The highest BCUT2D eigenvalue weighted by molar-refractivity contribution is 7.92. The number of amides is 1. The van der Waals surface area contributed by atoms with Crippen molar-refractivity contribution in [1.29, 1.82) is 0 Å². The summed E-state index contributed by atoms with van der Waals surface area (Å²) in [6, 6.07) is 3.57. The molecule has 1 unspecified atom stereocenters. The van der Waals surface area contributed by atoms with Crippen LogP contribution >= 0.6 is 0 Å². The molecule has 1 aliphatic rings. The van der Waals surface area contributed by atoms with Crippen molar-refractivity contribution < 1.29 is 40.3 Å². The largest absolute Gasteiger partial charge is 0.392 e. The van der Waals surface area contributed by atoms with Crippen LogP contribution in [0.5, 0.6) is 0 Å². The summed E-state index contributed by atoms with van der Waals surface area (Å²) >= 11 is 0. The molecule has 3 aromatic rings. The van der Waals surface area contributed by atoms with E-state index in [1.54, 1.807) is 4.72 Å². The Bertz CT molecular complexity index is 1590. The molecule has 0 saturated carbocycles. The van der Waals surface area contributed by atoms with Gasteiger partial charge in [0, 0.05) is 29.8 Å². The van der Waals surface area contributed by atoms with Gasteiger partial charge in [-0.05, 0) is 38.4 Å². The lowest BCUT2D eigenvalue weighted by molar-refractivity contribution is -0.123. The van der Waals surface area contributed by atoms with E-state index in [0.29, 0.717) is 37.4 Å². The van der Waals surface area contributed by atoms with Gasteiger partial charge in [0.15, 0.2) is 11.6 Å². The first kappa shape index (κ1) is 29.2. The Kier molecular flexibility index (Phi) is 8.30. The maximum absolute atomic E-state index is 15.5. The smallest absolute Gasteiger partial charge is 0.265 e. The van der Waals surface area contributed by atoms with Crippen molar-refractivity contribution in [2.45, 2.75) is 17.5 Å². The van der Waals surface area contributed by atoms with E-state index in [9.17, 15) is 26.4 Å². The number of anilines is 2. The summed E-state index contributed by atoms with van der Waals surface area (Å²) in [4.78, 5) is 13.2. The van der Waals surface area contributed by atoms with Crippen LogP contribution in [0.2, 0.25) is 0 Å². The number of nitrogens with zero attached hydrogens (tertiary/aromatic N) is 1. The molecule has 40 heavy (non-hydrogen) atoms. The van der Waals surface area contributed by atoms with Crippen molar-refractivity contribution in [2.75, 3.05) is 37.3 Å². The van der Waals surface area contributed by atoms with Crippen LogP contribution in [-0.2, 0) is 21.4 Å². The van der Waals surface area contributed by atoms with Gasteiger partial charge in [-0.25, -0.2) is 35.8 Å². The predicted molar refractivity (Wildman–Crippen MR) is 136 cm³/mol. The van der Waals surface area contributed by atoms with Crippen LogP contribution in [0.1, 0.15) is 17.2 Å². The van der Waals surface area contributed by atoms with E-state index in [0.717, 1.165) is 6.07 Å². The number of sulfonamides is 1. The minimum Gasteiger partial charge on any atom is -0.392 e. The summed E-state index contributed by atoms with van der Waals surface area (Å²) < 4.78 is 101. The van der Waals surface area contributed by atoms with Crippen LogP contribution in [0.3, 0.4) is 0 Å². The maximum atomic E-state index is 15.5. The second-order valence-electron chi connectivity index (χ2n) is 9.11. The number of nitrogens with one attached hydrogen (secondary N) is 4. The lowest BCUT2D eigenvalue weighted by atomic mass is 9.97. The molecule has 0 saturated heterocycles. The number of aliphatic hydroxyl groups excluding tert-OH is 1. The molecular weight excluding hydrogens is 561 g/mol. The van der Waals surface area contributed by atoms with Gasteiger partial charge in [-0.2, -0.15) is 0 Å². The number of carbonyl (C=O) groups excluding carboxylic acids is 1. The fraction of sp³-hybridized carbons (Fsp3) is 0.240. The van der Waals surface area contributed by atoms with E-state index >= 15 is 8.78 Å². The first-order valence-electron chi connectivity index (χ1n) is 11.7. The number of halogens is 5. The first-order chi connectivity index (χ1) is 18.9. The normalized spacial score (nSPS) is 14.7. The molecular formula is C25H24F5N5O4S. The number of benzene rings is 3. The Balaban J connectivity index is 1.68. The van der Waals surface area contributed by atoms with Crippen molar-refractivity contribution in [1.82, 2.24) is 15.6 Å². The minimum absolute atomic E-state index is 0.169. The summed E-state index contributed by atoms with van der Waals surface area (Å²) in [5.74, 6) is -7.04. The highest BCUT2D eigenvalue weighted by Crippen LogP contribution is 2.40. The second-order valence-corrected chi connectivity index (χ2v) is 10.8. The second kappa shape index (κ2) is 11.4. The van der Waals surface area contributed by atoms with E-state index < -0.39 is 84.9 Å². The van der Waals surface area contributed by atoms with E-state index in [1.165, 1.54) is 6.07 Å². The van der Waals surface area contributed by atoms with Gasteiger partial charge < -0.3 is 20.7 Å². The molecule has 1 amide bonds. The predicted octanol–water partition coefficient (Wildman–Crippen LogP) is 2.99. The fourth-order valence-corrected chi connectivity index (χ4v) is 5.28. The quantitative estimate of drug-likeness (QED) is 0.245. The van der Waals surface area contributed by atoms with Gasteiger partial charge in [0.25, 0.3) is 10.0 Å². The van der Waals surface area contributed by atoms with Gasteiger partial charge in [0.05, 0.1) is 23.5 Å². The molecule has 1 heterocycles. The maximum Gasteiger partial charge on any atom is 0.265 e. The van der Waals surface area contributed by atoms with Gasteiger partial charge >= 0.3 is 0 Å². The van der Waals surface area contributed by atoms with Crippen molar-refractivity contribution in [3.05, 3.63) is 76.6 Å². The third kappa shape index (κ3) is 5.58. The number of aliphatic hydroxyl groups is 1. The number of hydrogen-bond acceptors (Lipinski definition) is 7. The average Bonchev–Trinajstić information content (AvgIpc) is 3.33. The lowest BCUT2D eigenvalue weighted by Crippen LogP contribution is -2.38. The SMILES string of the molecule is CN(C)CCNC(=O)C1NNc2c1ccc(-c1c(F)ccc(NS(=O)(=O)c3cc(F)cc(CO)c3F)c1F)c2F. The molecule has 3 aromatic carbocycles. The number of hydrazine groups is 1. The zero-order chi connectivity index (χ0) is 29.4. The van der Waals surface area contributed by atoms with Gasteiger partial charge in [0.1, 0.15) is 28.4 Å². The number of rotatable bonds is 9. The van der Waals surface area contributed by atoms with Crippen molar-refractivity contribution in [3.63, 3.8) is 0 Å². The molecule has 0 aromatic heterocycles. The molecule has 1 aliphatic heterocycles. The third-order valence-electron chi connectivity index (χ3n) is 6.09. The van der Waals surface area contributed by atoms with Crippen LogP contribution < -0.4 is 20.9 Å². The third-order valence-corrected chi connectivity index (χ3v) is 7.46. The van der Waals surface area contributed by atoms with Crippen LogP contribution in [0.4, 0.5) is 33.3 Å². The number of likely N-dealkylation sites (N-methyl/N-ethyl adjacent to an activating group) is 1. The van der Waals surface area contributed by atoms with Crippen LogP contribution in [0, 0.1) is 29.1 Å². The molecule has 0 aliphatic carbocycles. The molecule has 214 valence electrons. The standard InChI is InChI=1S/C25H24F5N5O4S/c1-35(2)8-7-31-25(37)24-15-4-3-14(21(29)23(15)32-33-24)19-16(27)5-6-17(22(19)30)34-40(38,39)18-10-13(26)9-12(11-36)20(18)28/h3-6,9-10,24,32-34,36H,7-8,11H2,1-2H3,(H,31,37). The van der Waals surface area contributed by atoms with Gasteiger partial charge in [-0.1, -0.05) is 12.1 Å². The Morgan fingerprint density at radius 3 is 2.42 bits per heavy atom. The zero-order valence-electron chi connectivity index (χ0n) is 21.1. The molecule has 9 nitrogen and oxygen atoms in total. The molecule has 0 radical (unpaired) electrons. The number of fused-ring (bicyclic) bond motifs is 1. The van der Waals surface area contributed by atoms with Crippen molar-refractivity contribution in [3.8, 4) is 11.1 Å². The van der Waals surface area contributed by atoms with Gasteiger partial charge in [-0.15, -0.1) is 0 Å². The van der Waals surface area contributed by atoms with Gasteiger partial charge in [0.2, 0.25) is 5.91 Å².